The van der Waals surface area contributed by atoms with E-state index in [1.54, 1.807) is 0 Å². The van der Waals surface area contributed by atoms with Gasteiger partial charge in [0.15, 0.2) is 0 Å². The molecule has 6 heteroatoms. The molecule has 2 aromatic carbocycles. The minimum atomic E-state index is 0.0841. The van der Waals surface area contributed by atoms with Crippen LogP contribution >= 0.6 is 15.9 Å². The van der Waals surface area contributed by atoms with Crippen molar-refractivity contribution in [2.75, 3.05) is 32.8 Å². The third kappa shape index (κ3) is 4.46. The van der Waals surface area contributed by atoms with E-state index in [0.717, 1.165) is 45.5 Å². The number of nitrogens with one attached hydrogen (secondary N) is 1. The first-order valence-electron chi connectivity index (χ1n) is 8.96. The Balaban J connectivity index is 1.38. The minimum Gasteiger partial charge on any atom is -0.492 e. The highest BCUT2D eigenvalue weighted by atomic mass is 79.9. The lowest BCUT2D eigenvalue weighted by atomic mass is 10.1. The van der Waals surface area contributed by atoms with Gasteiger partial charge in [0.2, 0.25) is 5.91 Å². The van der Waals surface area contributed by atoms with Crippen LogP contribution in [0.5, 0.6) is 5.75 Å². The number of piperazine rings is 1. The molecule has 138 valence electrons. The summed E-state index contributed by atoms with van der Waals surface area (Å²) in [6.07, 6.45) is 0. The van der Waals surface area contributed by atoms with Crippen molar-refractivity contribution in [3.63, 3.8) is 0 Å². The summed E-state index contributed by atoms with van der Waals surface area (Å²) in [4.78, 5) is 18.2. The Morgan fingerprint density at radius 1 is 1.11 bits per heavy atom. The standard InChI is InChI=1S/C21H20BrN3O2/c22-17-4-8-20-16(13-17)3-7-19(24-20)15-1-5-18(6-2-15)27-12-11-25-10-9-23-21(26)14-25/h1-8,13H,9-12,14H2,(H,23,26). The van der Waals surface area contributed by atoms with Gasteiger partial charge in [-0.15, -0.1) is 0 Å². The highest BCUT2D eigenvalue weighted by molar-refractivity contribution is 9.10. The molecule has 1 fully saturated rings. The van der Waals surface area contributed by atoms with Crippen LogP contribution in [0.4, 0.5) is 0 Å². The van der Waals surface area contributed by atoms with Crippen LogP contribution < -0.4 is 10.1 Å². The van der Waals surface area contributed by atoms with E-state index >= 15 is 0 Å². The highest BCUT2D eigenvalue weighted by Crippen LogP contribution is 2.25. The summed E-state index contributed by atoms with van der Waals surface area (Å²) < 4.78 is 6.87. The van der Waals surface area contributed by atoms with Crippen LogP contribution in [0, 0.1) is 0 Å². The maximum atomic E-state index is 11.4. The van der Waals surface area contributed by atoms with Crippen molar-refractivity contribution in [1.29, 1.82) is 0 Å². The number of carbonyl (C=O) groups is 1. The van der Waals surface area contributed by atoms with E-state index in [4.69, 9.17) is 9.72 Å². The summed E-state index contributed by atoms with van der Waals surface area (Å²) in [5, 5.41) is 3.94. The topological polar surface area (TPSA) is 54.5 Å². The van der Waals surface area contributed by atoms with Gasteiger partial charge in [-0.3, -0.25) is 9.69 Å². The van der Waals surface area contributed by atoms with Crippen molar-refractivity contribution >= 4 is 32.7 Å². The predicted molar refractivity (Wildman–Crippen MR) is 110 cm³/mol. The maximum absolute atomic E-state index is 11.4. The molecule has 0 unspecified atom stereocenters. The molecule has 2 heterocycles. The molecule has 0 saturated carbocycles. The molecule has 5 nitrogen and oxygen atoms in total. The molecule has 0 spiro atoms. The number of hydrogen-bond acceptors (Lipinski definition) is 4. The van der Waals surface area contributed by atoms with Crippen molar-refractivity contribution < 1.29 is 9.53 Å². The molecule has 1 saturated heterocycles. The van der Waals surface area contributed by atoms with Gasteiger partial charge < -0.3 is 10.1 Å². The maximum Gasteiger partial charge on any atom is 0.234 e. The smallest absolute Gasteiger partial charge is 0.234 e. The molecule has 0 atom stereocenters. The number of aromatic nitrogens is 1. The molecular formula is C21H20BrN3O2. The van der Waals surface area contributed by atoms with Crippen LogP contribution in [0.25, 0.3) is 22.2 Å². The van der Waals surface area contributed by atoms with E-state index in [1.807, 2.05) is 42.5 Å². The summed E-state index contributed by atoms with van der Waals surface area (Å²) in [5.41, 5.74) is 2.97. The highest BCUT2D eigenvalue weighted by Gasteiger charge is 2.15. The zero-order valence-electron chi connectivity index (χ0n) is 14.8. The number of pyridine rings is 1. The third-order valence-electron chi connectivity index (χ3n) is 4.59. The van der Waals surface area contributed by atoms with Crippen molar-refractivity contribution in [2.45, 2.75) is 0 Å². The average Bonchev–Trinajstić information content (AvgIpc) is 2.68. The monoisotopic (exact) mass is 425 g/mol. The van der Waals surface area contributed by atoms with Gasteiger partial charge in [0.05, 0.1) is 17.8 Å². The number of amides is 1. The number of ether oxygens (including phenoxy) is 1. The molecule has 4 rings (SSSR count). The fourth-order valence-corrected chi connectivity index (χ4v) is 3.53. The fraction of sp³-hybridized carbons (Fsp3) is 0.238. The Labute approximate surface area is 166 Å². The molecule has 0 bridgehead atoms. The van der Waals surface area contributed by atoms with Crippen LogP contribution in [-0.2, 0) is 4.79 Å². The van der Waals surface area contributed by atoms with E-state index in [0.29, 0.717) is 19.7 Å². The van der Waals surface area contributed by atoms with Gasteiger partial charge in [0, 0.05) is 35.1 Å². The Hall–Kier alpha value is -2.44. The summed E-state index contributed by atoms with van der Waals surface area (Å²) in [5.74, 6) is 0.908. The van der Waals surface area contributed by atoms with Crippen LogP contribution in [0.3, 0.4) is 0 Å². The molecule has 1 amide bonds. The van der Waals surface area contributed by atoms with Crippen molar-refractivity contribution in [3.05, 3.63) is 59.1 Å². The molecule has 1 aromatic heterocycles. The number of fused-ring (bicyclic) bond motifs is 1. The number of hydrogen-bond donors (Lipinski definition) is 1. The van der Waals surface area contributed by atoms with Crippen molar-refractivity contribution in [2.24, 2.45) is 0 Å². The lowest BCUT2D eigenvalue weighted by Crippen LogP contribution is -2.48. The zero-order valence-corrected chi connectivity index (χ0v) is 16.4. The van der Waals surface area contributed by atoms with Gasteiger partial charge in [-0.1, -0.05) is 22.0 Å². The lowest BCUT2D eigenvalue weighted by molar-refractivity contribution is -0.124. The van der Waals surface area contributed by atoms with Crippen LogP contribution in [0.15, 0.2) is 59.1 Å². The van der Waals surface area contributed by atoms with Gasteiger partial charge in [-0.05, 0) is 48.5 Å². The molecule has 1 aliphatic heterocycles. The number of halogens is 1. The molecule has 1 aliphatic rings. The lowest BCUT2D eigenvalue weighted by Gasteiger charge is -2.26. The Morgan fingerprint density at radius 2 is 1.96 bits per heavy atom. The first-order chi connectivity index (χ1) is 13.2. The normalized spacial score (nSPS) is 14.9. The third-order valence-corrected chi connectivity index (χ3v) is 5.09. The first-order valence-corrected chi connectivity index (χ1v) is 9.75. The van der Waals surface area contributed by atoms with Crippen LogP contribution in [-0.4, -0.2) is 48.6 Å². The summed E-state index contributed by atoms with van der Waals surface area (Å²) in [7, 11) is 0. The first kappa shape index (κ1) is 17.9. The summed E-state index contributed by atoms with van der Waals surface area (Å²) >= 11 is 3.49. The SMILES string of the molecule is O=C1CN(CCOc2ccc(-c3ccc4cc(Br)ccc4n3)cc2)CCN1. The molecule has 0 radical (unpaired) electrons. The van der Waals surface area contributed by atoms with Gasteiger partial charge in [-0.2, -0.15) is 0 Å². The van der Waals surface area contributed by atoms with E-state index in [1.165, 1.54) is 0 Å². The number of benzene rings is 2. The number of rotatable bonds is 5. The van der Waals surface area contributed by atoms with Gasteiger partial charge in [-0.25, -0.2) is 4.98 Å². The number of carbonyl (C=O) groups excluding carboxylic acids is 1. The fourth-order valence-electron chi connectivity index (χ4n) is 3.15. The molecule has 0 aliphatic carbocycles. The zero-order chi connectivity index (χ0) is 18.6. The Bertz CT molecular complexity index is 959. The summed E-state index contributed by atoms with van der Waals surface area (Å²) in [6.45, 7) is 3.35. The molecule has 1 N–H and O–H groups in total. The molecular weight excluding hydrogens is 406 g/mol. The van der Waals surface area contributed by atoms with Gasteiger partial charge >= 0.3 is 0 Å². The largest absolute Gasteiger partial charge is 0.492 e. The van der Waals surface area contributed by atoms with E-state index in [2.05, 4.69) is 38.3 Å². The second-order valence-corrected chi connectivity index (χ2v) is 7.45. The van der Waals surface area contributed by atoms with E-state index < -0.39 is 0 Å². The number of nitrogens with zero attached hydrogens (tertiary/aromatic N) is 2. The Morgan fingerprint density at radius 3 is 2.78 bits per heavy atom. The Kier molecular flexibility index (Phi) is 5.36. The van der Waals surface area contributed by atoms with Gasteiger partial charge in [0.25, 0.3) is 0 Å². The quantitative estimate of drug-likeness (QED) is 0.679. The predicted octanol–water partition coefficient (Wildman–Crippen LogP) is 3.47. The van der Waals surface area contributed by atoms with Crippen LogP contribution in [0.1, 0.15) is 0 Å². The average molecular weight is 426 g/mol. The minimum absolute atomic E-state index is 0.0841. The van der Waals surface area contributed by atoms with Crippen molar-refractivity contribution in [3.8, 4) is 17.0 Å². The second kappa shape index (κ2) is 8.06. The molecule has 27 heavy (non-hydrogen) atoms. The molecule has 3 aromatic rings. The second-order valence-electron chi connectivity index (χ2n) is 6.53. The van der Waals surface area contributed by atoms with E-state index in [9.17, 15) is 4.79 Å². The van der Waals surface area contributed by atoms with Crippen molar-refractivity contribution in [1.82, 2.24) is 15.2 Å². The van der Waals surface area contributed by atoms with Gasteiger partial charge in [0.1, 0.15) is 12.4 Å². The van der Waals surface area contributed by atoms with E-state index in [-0.39, 0.29) is 5.91 Å². The summed E-state index contributed by atoms with van der Waals surface area (Å²) in [6, 6.07) is 18.2. The van der Waals surface area contributed by atoms with Crippen LogP contribution in [0.2, 0.25) is 0 Å².